The van der Waals surface area contributed by atoms with Gasteiger partial charge in [0.05, 0.1) is 6.42 Å². The zero-order valence-corrected chi connectivity index (χ0v) is 17.1. The molecule has 0 aliphatic carbocycles. The van der Waals surface area contributed by atoms with E-state index >= 15 is 0 Å². The highest BCUT2D eigenvalue weighted by molar-refractivity contribution is 7.99. The molecule has 1 saturated heterocycles. The second-order valence-corrected chi connectivity index (χ2v) is 8.02. The van der Waals surface area contributed by atoms with Gasteiger partial charge in [-0.05, 0) is 67.8 Å². The van der Waals surface area contributed by atoms with Crippen LogP contribution in [-0.2, 0) is 14.3 Å². The van der Waals surface area contributed by atoms with Crippen molar-refractivity contribution in [3.8, 4) is 0 Å². The number of hydrogen-bond acceptors (Lipinski definition) is 5. The maximum atomic E-state index is 12.9. The maximum absolute atomic E-state index is 12.9. The van der Waals surface area contributed by atoms with Gasteiger partial charge in [0.1, 0.15) is 5.82 Å². The lowest BCUT2D eigenvalue weighted by atomic mass is 10.1. The van der Waals surface area contributed by atoms with E-state index in [1.807, 2.05) is 24.3 Å². The fraction of sp³-hybridized carbons (Fsp3) is 0.364. The molecular formula is C22H25FN2O3S. The number of amides is 1. The second-order valence-electron chi connectivity index (χ2n) is 6.86. The summed E-state index contributed by atoms with van der Waals surface area (Å²) in [7, 11) is 0. The Morgan fingerprint density at radius 1 is 1.00 bits per heavy atom. The van der Waals surface area contributed by atoms with Crippen LogP contribution in [0.1, 0.15) is 25.7 Å². The fourth-order valence-corrected chi connectivity index (χ4v) is 3.94. The number of benzene rings is 2. The number of thioether (sulfide) groups is 1. The lowest BCUT2D eigenvalue weighted by Crippen LogP contribution is -2.29. The van der Waals surface area contributed by atoms with Crippen molar-refractivity contribution in [2.24, 2.45) is 0 Å². The highest BCUT2D eigenvalue weighted by atomic mass is 32.2. The molecule has 154 valence electrons. The molecule has 0 aromatic heterocycles. The largest absolute Gasteiger partial charge is 0.456 e. The van der Waals surface area contributed by atoms with E-state index < -0.39 is 5.97 Å². The third-order valence-electron chi connectivity index (χ3n) is 4.63. The number of ether oxygens (including phenoxy) is 1. The van der Waals surface area contributed by atoms with Crippen LogP contribution in [0.4, 0.5) is 15.8 Å². The van der Waals surface area contributed by atoms with E-state index in [1.165, 1.54) is 43.2 Å². The van der Waals surface area contributed by atoms with Gasteiger partial charge in [0.2, 0.25) is 0 Å². The minimum Gasteiger partial charge on any atom is -0.456 e. The van der Waals surface area contributed by atoms with Crippen LogP contribution in [0.3, 0.4) is 0 Å². The summed E-state index contributed by atoms with van der Waals surface area (Å²) < 4.78 is 17.9. The summed E-state index contributed by atoms with van der Waals surface area (Å²) in [5.41, 5.74) is 1.84. The van der Waals surface area contributed by atoms with Crippen molar-refractivity contribution >= 4 is 35.0 Å². The lowest BCUT2D eigenvalue weighted by Gasteiger charge is -2.28. The maximum Gasteiger partial charge on any atom is 0.307 e. The quantitative estimate of drug-likeness (QED) is 0.508. The van der Waals surface area contributed by atoms with Crippen molar-refractivity contribution in [2.45, 2.75) is 30.6 Å². The first-order valence-corrected chi connectivity index (χ1v) is 10.8. The summed E-state index contributed by atoms with van der Waals surface area (Å²) in [4.78, 5) is 27.0. The highest BCUT2D eigenvalue weighted by Crippen LogP contribution is 2.22. The van der Waals surface area contributed by atoms with E-state index in [0.29, 0.717) is 11.4 Å². The highest BCUT2D eigenvalue weighted by Gasteiger charge is 2.12. The van der Waals surface area contributed by atoms with Gasteiger partial charge >= 0.3 is 5.97 Å². The Hall–Kier alpha value is -2.54. The molecule has 1 N–H and O–H groups in total. The van der Waals surface area contributed by atoms with Crippen molar-refractivity contribution < 1.29 is 18.7 Å². The molecule has 0 saturated carbocycles. The van der Waals surface area contributed by atoms with E-state index in [-0.39, 0.29) is 24.8 Å². The number of nitrogens with zero attached hydrogens (tertiary/aromatic N) is 1. The van der Waals surface area contributed by atoms with Crippen LogP contribution in [0, 0.1) is 5.82 Å². The van der Waals surface area contributed by atoms with Crippen LogP contribution in [0.25, 0.3) is 0 Å². The van der Waals surface area contributed by atoms with Gasteiger partial charge < -0.3 is 15.0 Å². The van der Waals surface area contributed by atoms with Gasteiger partial charge in [-0.15, -0.1) is 11.8 Å². The SMILES string of the molecule is O=C(COC(=O)CCSc1ccc(F)cc1)Nc1ccc(N2CCCCC2)cc1. The van der Waals surface area contributed by atoms with Gasteiger partial charge in [-0.2, -0.15) is 0 Å². The lowest BCUT2D eigenvalue weighted by molar-refractivity contribution is -0.146. The predicted octanol–water partition coefficient (Wildman–Crippen LogP) is 4.48. The molecule has 1 fully saturated rings. The van der Waals surface area contributed by atoms with Crippen LogP contribution in [0.5, 0.6) is 0 Å². The van der Waals surface area contributed by atoms with Crippen molar-refractivity contribution in [3.63, 3.8) is 0 Å². The first-order valence-electron chi connectivity index (χ1n) is 9.79. The van der Waals surface area contributed by atoms with Crippen LogP contribution in [-0.4, -0.2) is 37.3 Å². The molecule has 7 heteroatoms. The molecule has 1 heterocycles. The number of carbonyl (C=O) groups is 2. The topological polar surface area (TPSA) is 58.6 Å². The predicted molar refractivity (Wildman–Crippen MR) is 114 cm³/mol. The molecule has 2 aromatic rings. The number of rotatable bonds is 8. The molecule has 1 aliphatic heterocycles. The Morgan fingerprint density at radius 3 is 2.38 bits per heavy atom. The normalized spacial score (nSPS) is 13.8. The Morgan fingerprint density at radius 2 is 1.69 bits per heavy atom. The number of hydrogen-bond donors (Lipinski definition) is 1. The standard InChI is InChI=1S/C22H25FN2O3S/c23-17-4-10-20(11-5-17)29-15-12-22(27)28-16-21(26)24-18-6-8-19(9-7-18)25-13-2-1-3-14-25/h4-11H,1-3,12-16H2,(H,24,26). The van der Waals surface area contributed by atoms with Gasteiger partial charge in [0.15, 0.2) is 6.61 Å². The van der Waals surface area contributed by atoms with E-state index in [0.717, 1.165) is 23.7 Å². The summed E-state index contributed by atoms with van der Waals surface area (Å²) in [6.45, 7) is 1.83. The smallest absolute Gasteiger partial charge is 0.307 e. The molecule has 29 heavy (non-hydrogen) atoms. The van der Waals surface area contributed by atoms with Crippen LogP contribution < -0.4 is 10.2 Å². The molecular weight excluding hydrogens is 391 g/mol. The minimum absolute atomic E-state index is 0.180. The van der Waals surface area contributed by atoms with Gasteiger partial charge in [-0.25, -0.2) is 4.39 Å². The monoisotopic (exact) mass is 416 g/mol. The summed E-state index contributed by atoms with van der Waals surface area (Å²) >= 11 is 1.44. The summed E-state index contributed by atoms with van der Waals surface area (Å²) in [6.07, 6.45) is 3.90. The van der Waals surface area contributed by atoms with Crippen molar-refractivity contribution in [2.75, 3.05) is 35.7 Å². The molecule has 0 radical (unpaired) electrons. The second kappa shape index (κ2) is 10.9. The van der Waals surface area contributed by atoms with E-state index in [4.69, 9.17) is 4.74 Å². The Labute approximate surface area is 174 Å². The Balaban J connectivity index is 1.34. The number of halogens is 1. The molecule has 1 aliphatic rings. The Bertz CT molecular complexity index is 806. The fourth-order valence-electron chi connectivity index (χ4n) is 3.11. The number of carbonyl (C=O) groups excluding carboxylic acids is 2. The molecule has 3 rings (SSSR count). The first kappa shape index (κ1) is 21.2. The summed E-state index contributed by atoms with van der Waals surface area (Å²) in [6, 6.07) is 13.8. The van der Waals surface area contributed by atoms with E-state index in [2.05, 4.69) is 10.2 Å². The number of esters is 1. The molecule has 2 aromatic carbocycles. The van der Waals surface area contributed by atoms with E-state index in [9.17, 15) is 14.0 Å². The number of nitrogens with one attached hydrogen (secondary N) is 1. The van der Waals surface area contributed by atoms with Gasteiger partial charge in [0.25, 0.3) is 5.91 Å². The Kier molecular flexibility index (Phi) is 7.93. The molecule has 0 bridgehead atoms. The van der Waals surface area contributed by atoms with Crippen molar-refractivity contribution in [1.82, 2.24) is 0 Å². The van der Waals surface area contributed by atoms with Crippen molar-refractivity contribution in [3.05, 3.63) is 54.3 Å². The summed E-state index contributed by atoms with van der Waals surface area (Å²) in [5.74, 6) is -0.587. The average Bonchev–Trinajstić information content (AvgIpc) is 2.75. The number of piperidine rings is 1. The molecule has 1 amide bonds. The molecule has 5 nitrogen and oxygen atoms in total. The van der Waals surface area contributed by atoms with Crippen LogP contribution in [0.15, 0.2) is 53.4 Å². The van der Waals surface area contributed by atoms with Gasteiger partial charge in [-0.3, -0.25) is 9.59 Å². The molecule has 0 unspecified atom stereocenters. The van der Waals surface area contributed by atoms with Crippen LogP contribution >= 0.6 is 11.8 Å². The average molecular weight is 417 g/mol. The third-order valence-corrected chi connectivity index (χ3v) is 5.64. The zero-order valence-electron chi connectivity index (χ0n) is 16.2. The molecule has 0 spiro atoms. The van der Waals surface area contributed by atoms with Crippen LogP contribution in [0.2, 0.25) is 0 Å². The summed E-state index contributed by atoms with van der Waals surface area (Å²) in [5, 5.41) is 2.74. The minimum atomic E-state index is -0.435. The zero-order chi connectivity index (χ0) is 20.5. The van der Waals surface area contributed by atoms with Gasteiger partial charge in [-0.1, -0.05) is 0 Å². The molecule has 0 atom stereocenters. The van der Waals surface area contributed by atoms with Gasteiger partial charge in [0, 0.05) is 35.1 Å². The number of anilines is 2. The van der Waals surface area contributed by atoms with E-state index in [1.54, 1.807) is 12.1 Å². The van der Waals surface area contributed by atoms with Crippen molar-refractivity contribution in [1.29, 1.82) is 0 Å². The first-order chi connectivity index (χ1) is 14.1. The third kappa shape index (κ3) is 7.09.